The summed E-state index contributed by atoms with van der Waals surface area (Å²) in [6.07, 6.45) is -3.42. The van der Waals surface area contributed by atoms with Crippen molar-refractivity contribution < 1.29 is 23.1 Å². The van der Waals surface area contributed by atoms with E-state index in [0.29, 0.717) is 29.9 Å². The minimum Gasteiger partial charge on any atom is -0.380 e. The van der Waals surface area contributed by atoms with Crippen LogP contribution in [-0.4, -0.2) is 79.6 Å². The number of likely N-dealkylation sites (tertiary alicyclic amines) is 1. The van der Waals surface area contributed by atoms with Gasteiger partial charge in [0.05, 0.1) is 12.2 Å². The molecule has 2 aliphatic carbocycles. The number of amides is 1. The molecule has 0 unspecified atom stereocenters. The number of rotatable bonds is 3. The summed E-state index contributed by atoms with van der Waals surface area (Å²) in [6.45, 7) is 5.85. The number of benzene rings is 1. The summed E-state index contributed by atoms with van der Waals surface area (Å²) in [6, 6.07) is 5.10. The number of fused-ring (bicyclic) bond motifs is 3. The Morgan fingerprint density at radius 2 is 1.81 bits per heavy atom. The fraction of sp³-hybridized carbons (Fsp3) is 0.640. The van der Waals surface area contributed by atoms with E-state index in [4.69, 9.17) is 11.6 Å². The van der Waals surface area contributed by atoms with Crippen molar-refractivity contribution in [1.82, 2.24) is 24.6 Å². The molecular weight excluding hydrogens is 509 g/mol. The van der Waals surface area contributed by atoms with E-state index < -0.39 is 17.8 Å². The van der Waals surface area contributed by atoms with Crippen molar-refractivity contribution in [3.8, 4) is 5.69 Å². The summed E-state index contributed by atoms with van der Waals surface area (Å²) in [5, 5.41) is 19.5. The van der Waals surface area contributed by atoms with Crippen LogP contribution in [-0.2, 0) is 17.9 Å². The zero-order chi connectivity index (χ0) is 26.0. The molecule has 198 valence electrons. The fourth-order valence-electron chi connectivity index (χ4n) is 6.48. The van der Waals surface area contributed by atoms with Crippen LogP contribution in [0, 0.1) is 10.8 Å². The number of halogens is 4. The van der Waals surface area contributed by atoms with E-state index in [9.17, 15) is 23.1 Å². The first kappa shape index (κ1) is 23.7. The highest BCUT2D eigenvalue weighted by atomic mass is 35.5. The molecule has 4 heterocycles. The van der Waals surface area contributed by atoms with Crippen LogP contribution in [0.5, 0.6) is 0 Å². The maximum absolute atomic E-state index is 13.3. The van der Waals surface area contributed by atoms with Gasteiger partial charge in [0.15, 0.2) is 11.4 Å². The molecule has 37 heavy (non-hydrogen) atoms. The Kier molecular flexibility index (Phi) is 4.74. The van der Waals surface area contributed by atoms with Crippen molar-refractivity contribution in [3.05, 3.63) is 34.6 Å². The number of aromatic nitrogens is 3. The predicted octanol–water partition coefficient (Wildman–Crippen LogP) is 3.14. The van der Waals surface area contributed by atoms with Gasteiger partial charge in [-0.15, -0.1) is 10.2 Å². The van der Waals surface area contributed by atoms with Gasteiger partial charge in [0.1, 0.15) is 0 Å². The van der Waals surface area contributed by atoms with E-state index in [1.165, 1.54) is 0 Å². The highest BCUT2D eigenvalue weighted by Gasteiger charge is 2.62. The van der Waals surface area contributed by atoms with Crippen LogP contribution in [0.4, 0.5) is 19.1 Å². The third-order valence-electron chi connectivity index (χ3n) is 9.10. The largest absolute Gasteiger partial charge is 0.417 e. The zero-order valence-electron chi connectivity index (χ0n) is 20.4. The molecule has 12 heteroatoms. The lowest BCUT2D eigenvalue weighted by molar-refractivity contribution is -0.300. The second kappa shape index (κ2) is 7.39. The first-order chi connectivity index (χ1) is 17.4. The molecule has 1 spiro atoms. The number of nitrogens with zero attached hydrogens (tertiary/aromatic N) is 6. The monoisotopic (exact) mass is 536 g/mol. The number of hydrogen-bond acceptors (Lipinski definition) is 6. The lowest BCUT2D eigenvalue weighted by Crippen LogP contribution is -2.73. The van der Waals surface area contributed by atoms with Gasteiger partial charge in [-0.05, 0) is 36.6 Å². The molecule has 0 atom stereocenters. The van der Waals surface area contributed by atoms with E-state index in [1.54, 1.807) is 6.07 Å². The van der Waals surface area contributed by atoms with Crippen LogP contribution in [0.3, 0.4) is 0 Å². The Morgan fingerprint density at radius 1 is 1.11 bits per heavy atom. The first-order valence-corrected chi connectivity index (χ1v) is 13.1. The van der Waals surface area contributed by atoms with Crippen LogP contribution in [0.1, 0.15) is 44.0 Å². The van der Waals surface area contributed by atoms with Crippen LogP contribution in [0.25, 0.3) is 5.69 Å². The minimum absolute atomic E-state index is 0.0842. The Balaban J connectivity index is 1.12. The number of alkyl halides is 3. The van der Waals surface area contributed by atoms with Gasteiger partial charge in [-0.1, -0.05) is 18.5 Å². The third-order valence-corrected chi connectivity index (χ3v) is 9.33. The van der Waals surface area contributed by atoms with Crippen molar-refractivity contribution in [2.75, 3.05) is 31.1 Å². The topological polar surface area (TPSA) is 77.7 Å². The standard InChI is InChI=1S/C25H28ClF3N6O2/c1-22(4-5-22)20(36)33-11-23(12-33)13-34(14-23)21-31-30-19-10-32(17-7-24(37,8-17)25(27,28)29)9-15-6-16(26)2-3-18(15)35(19)21/h2-3,6,17,37H,4-5,7-14H2,1H3. The van der Waals surface area contributed by atoms with E-state index in [-0.39, 0.29) is 29.6 Å². The van der Waals surface area contributed by atoms with Crippen LogP contribution in [0.2, 0.25) is 5.02 Å². The average molecular weight is 537 g/mol. The molecular formula is C25H28ClF3N6O2. The second-order valence-electron chi connectivity index (χ2n) is 12.1. The number of carbonyl (C=O) groups excluding carboxylic acids is 1. The highest BCUT2D eigenvalue weighted by Crippen LogP contribution is 2.51. The molecule has 3 aliphatic heterocycles. The molecule has 5 aliphatic rings. The van der Waals surface area contributed by atoms with Crippen molar-refractivity contribution in [2.24, 2.45) is 10.8 Å². The highest BCUT2D eigenvalue weighted by molar-refractivity contribution is 6.30. The molecule has 2 saturated heterocycles. The molecule has 1 N–H and O–H groups in total. The SMILES string of the molecule is CC1(C(=O)N2CC3(C2)CN(c2nnc4n2-c2ccc(Cl)cc2CN(C2CC(O)(C(F)(F)F)C2)C4)C3)CC1. The summed E-state index contributed by atoms with van der Waals surface area (Å²) in [7, 11) is 0. The number of anilines is 1. The van der Waals surface area contributed by atoms with Gasteiger partial charge in [-0.3, -0.25) is 14.3 Å². The average Bonchev–Trinajstić information content (AvgIpc) is 3.41. The Morgan fingerprint density at radius 3 is 2.46 bits per heavy atom. The molecule has 1 aromatic carbocycles. The molecule has 1 aromatic heterocycles. The third kappa shape index (κ3) is 3.53. The summed E-state index contributed by atoms with van der Waals surface area (Å²) in [4.78, 5) is 18.7. The van der Waals surface area contributed by atoms with Gasteiger partial charge in [0, 0.05) is 67.5 Å². The molecule has 0 radical (unpaired) electrons. The van der Waals surface area contributed by atoms with Crippen LogP contribution in [0.15, 0.2) is 18.2 Å². The van der Waals surface area contributed by atoms with Gasteiger partial charge in [-0.25, -0.2) is 0 Å². The maximum Gasteiger partial charge on any atom is 0.417 e. The van der Waals surface area contributed by atoms with Gasteiger partial charge < -0.3 is 14.9 Å². The Hall–Kier alpha value is -2.37. The summed E-state index contributed by atoms with van der Waals surface area (Å²) < 4.78 is 41.8. The summed E-state index contributed by atoms with van der Waals surface area (Å²) in [5.41, 5.74) is -0.965. The molecule has 8 nitrogen and oxygen atoms in total. The molecule has 0 bridgehead atoms. The number of hydrogen-bond donors (Lipinski definition) is 1. The van der Waals surface area contributed by atoms with Crippen LogP contribution < -0.4 is 4.90 Å². The molecule has 4 fully saturated rings. The van der Waals surface area contributed by atoms with Gasteiger partial charge >= 0.3 is 6.18 Å². The van der Waals surface area contributed by atoms with Crippen LogP contribution >= 0.6 is 11.6 Å². The second-order valence-corrected chi connectivity index (χ2v) is 12.5. The molecule has 2 aromatic rings. The first-order valence-electron chi connectivity index (χ1n) is 12.7. The van der Waals surface area contributed by atoms with Crippen molar-refractivity contribution in [1.29, 1.82) is 0 Å². The number of aliphatic hydroxyl groups is 1. The Labute approximate surface area is 217 Å². The van der Waals surface area contributed by atoms with Gasteiger partial charge in [0.25, 0.3) is 0 Å². The smallest absolute Gasteiger partial charge is 0.380 e. The summed E-state index contributed by atoms with van der Waals surface area (Å²) >= 11 is 6.30. The van der Waals surface area contributed by atoms with Crippen molar-refractivity contribution >= 4 is 23.5 Å². The van der Waals surface area contributed by atoms with E-state index in [1.807, 2.05) is 33.4 Å². The quantitative estimate of drug-likeness (QED) is 0.649. The van der Waals surface area contributed by atoms with Gasteiger partial charge in [0.2, 0.25) is 11.9 Å². The zero-order valence-corrected chi connectivity index (χ0v) is 21.2. The Bertz CT molecular complexity index is 1290. The van der Waals surface area contributed by atoms with Crippen molar-refractivity contribution in [3.63, 3.8) is 0 Å². The number of carbonyl (C=O) groups is 1. The summed E-state index contributed by atoms with van der Waals surface area (Å²) in [5.74, 6) is 1.61. The maximum atomic E-state index is 13.3. The normalized spacial score (nSPS) is 29.5. The lowest BCUT2D eigenvalue weighted by Gasteiger charge is -2.60. The predicted molar refractivity (Wildman–Crippen MR) is 128 cm³/mol. The molecule has 7 rings (SSSR count). The molecule has 1 amide bonds. The van der Waals surface area contributed by atoms with Crippen molar-refractivity contribution in [2.45, 2.75) is 63.5 Å². The minimum atomic E-state index is -4.64. The lowest BCUT2D eigenvalue weighted by atomic mass is 9.72. The van der Waals surface area contributed by atoms with E-state index >= 15 is 0 Å². The van der Waals surface area contributed by atoms with Gasteiger partial charge in [-0.2, -0.15) is 13.2 Å². The van der Waals surface area contributed by atoms with E-state index in [2.05, 4.69) is 15.1 Å². The fourth-order valence-corrected chi connectivity index (χ4v) is 6.67. The molecule has 2 saturated carbocycles. The van der Waals surface area contributed by atoms with E-state index in [0.717, 1.165) is 50.3 Å².